The van der Waals surface area contributed by atoms with Crippen molar-refractivity contribution < 1.29 is 9.90 Å². The number of amides is 1. The molecule has 2 heterocycles. The molecule has 2 N–H and O–H groups in total. The molecule has 0 aliphatic carbocycles. The van der Waals surface area contributed by atoms with Gasteiger partial charge >= 0.3 is 0 Å². The van der Waals surface area contributed by atoms with Gasteiger partial charge in [-0.1, -0.05) is 54.6 Å². The van der Waals surface area contributed by atoms with Crippen molar-refractivity contribution in [2.24, 2.45) is 0 Å². The van der Waals surface area contributed by atoms with E-state index in [0.29, 0.717) is 17.9 Å². The van der Waals surface area contributed by atoms with Crippen LogP contribution in [0.3, 0.4) is 0 Å². The van der Waals surface area contributed by atoms with E-state index >= 15 is 0 Å². The van der Waals surface area contributed by atoms with Gasteiger partial charge in [0.05, 0.1) is 23.5 Å². The molecule has 1 amide bonds. The van der Waals surface area contributed by atoms with Crippen molar-refractivity contribution in [2.75, 3.05) is 0 Å². The second-order valence-corrected chi connectivity index (χ2v) is 6.59. The van der Waals surface area contributed by atoms with Crippen LogP contribution in [0, 0.1) is 11.3 Å². The molecule has 0 aliphatic rings. The van der Waals surface area contributed by atoms with Gasteiger partial charge in [-0.3, -0.25) is 4.79 Å². The van der Waals surface area contributed by atoms with Crippen LogP contribution >= 0.6 is 0 Å². The Bertz CT molecular complexity index is 1220. The summed E-state index contributed by atoms with van der Waals surface area (Å²) in [5, 5.41) is 25.9. The molecule has 0 bridgehead atoms. The van der Waals surface area contributed by atoms with E-state index in [4.69, 9.17) is 5.26 Å². The van der Waals surface area contributed by atoms with Crippen LogP contribution in [0.4, 0.5) is 0 Å². The number of benzene rings is 2. The number of nitriles is 1. The highest BCUT2D eigenvalue weighted by Crippen LogP contribution is 2.21. The summed E-state index contributed by atoms with van der Waals surface area (Å²) < 4.78 is 1.36. The molecular formula is C23H17N5O2. The highest BCUT2D eigenvalue weighted by Gasteiger charge is 2.14. The monoisotopic (exact) mass is 395 g/mol. The molecule has 0 aliphatic heterocycles. The number of aromatic hydroxyl groups is 1. The van der Waals surface area contributed by atoms with Crippen molar-refractivity contribution >= 4 is 5.91 Å². The van der Waals surface area contributed by atoms with E-state index in [1.165, 1.54) is 29.3 Å². The molecule has 7 heteroatoms. The minimum Gasteiger partial charge on any atom is -0.507 e. The fraction of sp³-hybridized carbons (Fsp3) is 0.0435. The summed E-state index contributed by atoms with van der Waals surface area (Å²) in [5.41, 5.74) is 3.60. The van der Waals surface area contributed by atoms with E-state index in [0.717, 1.165) is 16.7 Å². The fourth-order valence-electron chi connectivity index (χ4n) is 2.96. The normalized spacial score (nSPS) is 10.4. The largest absolute Gasteiger partial charge is 0.507 e. The van der Waals surface area contributed by atoms with E-state index in [1.54, 1.807) is 0 Å². The summed E-state index contributed by atoms with van der Waals surface area (Å²) in [5.74, 6) is -0.343. The molecule has 146 valence electrons. The number of hydrogen-bond donors (Lipinski definition) is 2. The van der Waals surface area contributed by atoms with Crippen LogP contribution in [-0.4, -0.2) is 25.8 Å². The second kappa shape index (κ2) is 8.29. The Morgan fingerprint density at radius 3 is 2.47 bits per heavy atom. The minimum atomic E-state index is -0.433. The number of carbonyl (C=O) groups excluding carboxylic acids is 1. The molecule has 2 aromatic carbocycles. The Hall–Kier alpha value is -4.44. The molecule has 2 aromatic heterocycles. The summed E-state index contributed by atoms with van der Waals surface area (Å²) >= 11 is 0. The van der Waals surface area contributed by atoms with Crippen molar-refractivity contribution in [1.29, 1.82) is 5.26 Å². The molecule has 0 atom stereocenters. The van der Waals surface area contributed by atoms with Crippen LogP contribution in [0.15, 0.2) is 79.3 Å². The van der Waals surface area contributed by atoms with Gasteiger partial charge in [0.25, 0.3) is 5.91 Å². The first-order valence-electron chi connectivity index (χ1n) is 9.21. The number of nitrogens with one attached hydrogen (secondary N) is 1. The molecule has 4 aromatic rings. The highest BCUT2D eigenvalue weighted by atomic mass is 16.3. The number of pyridine rings is 1. The summed E-state index contributed by atoms with van der Waals surface area (Å²) in [6, 6.07) is 21.3. The summed E-state index contributed by atoms with van der Waals surface area (Å²) in [6.45, 7) is 0.319. The van der Waals surface area contributed by atoms with E-state index in [-0.39, 0.29) is 11.3 Å². The van der Waals surface area contributed by atoms with Gasteiger partial charge in [0.1, 0.15) is 11.8 Å². The molecule has 30 heavy (non-hydrogen) atoms. The zero-order valence-electron chi connectivity index (χ0n) is 15.9. The smallest absolute Gasteiger partial charge is 0.256 e. The quantitative estimate of drug-likeness (QED) is 0.539. The minimum absolute atomic E-state index is 0.0623. The van der Waals surface area contributed by atoms with E-state index in [2.05, 4.69) is 15.4 Å². The van der Waals surface area contributed by atoms with Crippen molar-refractivity contribution in [2.45, 2.75) is 6.54 Å². The number of aromatic nitrogens is 3. The maximum absolute atomic E-state index is 12.4. The molecule has 0 unspecified atom stereocenters. The topological polar surface area (TPSA) is 104 Å². The molecule has 0 saturated carbocycles. The molecule has 7 nitrogen and oxygen atoms in total. The average molecular weight is 395 g/mol. The van der Waals surface area contributed by atoms with Crippen LogP contribution < -0.4 is 5.32 Å². The maximum Gasteiger partial charge on any atom is 0.256 e. The zero-order valence-corrected chi connectivity index (χ0v) is 15.9. The lowest BCUT2D eigenvalue weighted by Crippen LogP contribution is -2.23. The van der Waals surface area contributed by atoms with Crippen LogP contribution in [0.2, 0.25) is 0 Å². The van der Waals surface area contributed by atoms with Gasteiger partial charge in [-0.25, -0.2) is 9.67 Å². The highest BCUT2D eigenvalue weighted by molar-refractivity contribution is 5.96. The molecule has 0 radical (unpaired) electrons. The SMILES string of the molecule is N#Cc1cnn(-c2cc(O)c(C(=O)NCc3ccc(-c4ccccc4)cc3)cn2)c1. The molecule has 0 spiro atoms. The third-order valence-corrected chi connectivity index (χ3v) is 4.57. The third-order valence-electron chi connectivity index (χ3n) is 4.57. The second-order valence-electron chi connectivity index (χ2n) is 6.59. The Labute approximate surface area is 172 Å². The zero-order chi connectivity index (χ0) is 20.9. The first-order valence-corrected chi connectivity index (χ1v) is 9.21. The third kappa shape index (κ3) is 4.03. The predicted octanol–water partition coefficient (Wildman–Crippen LogP) is 3.44. The van der Waals surface area contributed by atoms with Gasteiger partial charge in [-0.2, -0.15) is 10.4 Å². The van der Waals surface area contributed by atoms with Crippen LogP contribution in [0.5, 0.6) is 5.75 Å². The van der Waals surface area contributed by atoms with Gasteiger partial charge in [-0.05, 0) is 16.7 Å². The van der Waals surface area contributed by atoms with Crippen molar-refractivity contribution in [3.63, 3.8) is 0 Å². The first kappa shape index (κ1) is 18.9. The Morgan fingerprint density at radius 1 is 1.07 bits per heavy atom. The summed E-state index contributed by atoms with van der Waals surface area (Å²) in [6.07, 6.45) is 4.16. The van der Waals surface area contributed by atoms with E-state index < -0.39 is 5.91 Å². The van der Waals surface area contributed by atoms with E-state index in [9.17, 15) is 9.90 Å². The van der Waals surface area contributed by atoms with Crippen molar-refractivity contribution in [3.8, 4) is 28.8 Å². The Morgan fingerprint density at radius 2 is 1.80 bits per heavy atom. The summed E-state index contributed by atoms with van der Waals surface area (Å²) in [7, 11) is 0. The molecular weight excluding hydrogens is 378 g/mol. The number of hydrogen-bond acceptors (Lipinski definition) is 5. The number of carbonyl (C=O) groups is 1. The van der Waals surface area contributed by atoms with Gasteiger partial charge in [-0.15, -0.1) is 0 Å². The lowest BCUT2D eigenvalue weighted by Gasteiger charge is -2.09. The van der Waals surface area contributed by atoms with Gasteiger partial charge in [0, 0.05) is 18.8 Å². The van der Waals surface area contributed by atoms with Crippen LogP contribution in [0.1, 0.15) is 21.5 Å². The molecule has 0 saturated heterocycles. The van der Waals surface area contributed by atoms with Crippen LogP contribution in [0.25, 0.3) is 16.9 Å². The van der Waals surface area contributed by atoms with Gasteiger partial charge in [0.2, 0.25) is 0 Å². The lowest BCUT2D eigenvalue weighted by atomic mass is 10.0. The Kier molecular flexibility index (Phi) is 5.22. The van der Waals surface area contributed by atoms with Gasteiger partial charge < -0.3 is 10.4 Å². The predicted molar refractivity (Wildman–Crippen MR) is 111 cm³/mol. The first-order chi connectivity index (χ1) is 14.6. The molecule has 4 rings (SSSR count). The van der Waals surface area contributed by atoms with Crippen molar-refractivity contribution in [1.82, 2.24) is 20.1 Å². The number of rotatable bonds is 5. The van der Waals surface area contributed by atoms with Crippen LogP contribution in [-0.2, 0) is 6.54 Å². The Balaban J connectivity index is 1.42. The van der Waals surface area contributed by atoms with Crippen molar-refractivity contribution in [3.05, 3.63) is 95.9 Å². The van der Waals surface area contributed by atoms with Gasteiger partial charge in [0.15, 0.2) is 5.82 Å². The average Bonchev–Trinajstić information content (AvgIpc) is 3.28. The molecule has 0 fully saturated rings. The number of nitrogens with zero attached hydrogens (tertiary/aromatic N) is 4. The standard InChI is InChI=1S/C23H17N5O2/c24-11-17-13-27-28(15-17)22-10-21(29)20(14-25-22)23(30)26-12-16-6-8-19(9-7-16)18-4-2-1-3-5-18/h1-10,13-15H,12H2,(H,25,29)(H,26,30). The summed E-state index contributed by atoms with van der Waals surface area (Å²) in [4.78, 5) is 16.6. The lowest BCUT2D eigenvalue weighted by molar-refractivity contribution is 0.0948. The maximum atomic E-state index is 12.4. The van der Waals surface area contributed by atoms with E-state index in [1.807, 2.05) is 60.7 Å². The fourth-order valence-corrected chi connectivity index (χ4v) is 2.96.